The van der Waals surface area contributed by atoms with Crippen LogP contribution < -0.4 is 9.64 Å². The van der Waals surface area contributed by atoms with Crippen LogP contribution in [0.25, 0.3) is 16.6 Å². The molecule has 0 bridgehead atoms. The summed E-state index contributed by atoms with van der Waals surface area (Å²) in [5.41, 5.74) is 2.02. The van der Waals surface area contributed by atoms with Gasteiger partial charge >= 0.3 is 0 Å². The first-order valence-electron chi connectivity index (χ1n) is 9.07. The monoisotopic (exact) mass is 352 g/mol. The highest BCUT2D eigenvalue weighted by atomic mass is 16.5. The second kappa shape index (κ2) is 6.96. The number of ether oxygens (including phenoxy) is 2. The molecule has 0 amide bonds. The van der Waals surface area contributed by atoms with Crippen LogP contribution in [-0.2, 0) is 4.74 Å². The Labute approximate surface area is 153 Å². The van der Waals surface area contributed by atoms with Crippen LogP contribution >= 0.6 is 0 Å². The molecule has 6 nitrogen and oxygen atoms in total. The fourth-order valence-electron chi connectivity index (χ4n) is 3.29. The topological polar surface area (TPSA) is 52.4 Å². The van der Waals surface area contributed by atoms with E-state index in [-0.39, 0.29) is 12.2 Å². The lowest BCUT2D eigenvalue weighted by Crippen LogP contribution is -2.41. The van der Waals surface area contributed by atoms with E-state index in [0.29, 0.717) is 0 Å². The molecule has 136 valence electrons. The number of anilines is 1. The summed E-state index contributed by atoms with van der Waals surface area (Å²) >= 11 is 0. The number of morpholine rings is 1. The second-order valence-corrected chi connectivity index (χ2v) is 6.94. The molecule has 0 saturated carbocycles. The van der Waals surface area contributed by atoms with Gasteiger partial charge in [-0.15, -0.1) is 0 Å². The molecule has 1 aromatic carbocycles. The lowest BCUT2D eigenvalue weighted by atomic mass is 10.2. The Bertz CT molecular complexity index is 906. The molecule has 0 N–H and O–H groups in total. The average molecular weight is 352 g/mol. The van der Waals surface area contributed by atoms with Crippen molar-refractivity contribution in [2.45, 2.75) is 33.0 Å². The lowest BCUT2D eigenvalue weighted by molar-refractivity contribution is 0.0529. The van der Waals surface area contributed by atoms with E-state index in [1.165, 1.54) is 0 Å². The maximum atomic E-state index is 5.84. The number of fused-ring (bicyclic) bond motifs is 1. The van der Waals surface area contributed by atoms with Crippen molar-refractivity contribution in [1.29, 1.82) is 0 Å². The summed E-state index contributed by atoms with van der Waals surface area (Å²) in [5.74, 6) is 1.81. The molecule has 1 saturated heterocycles. The standard InChI is InChI=1S/C20H24N4O2/c1-14(2)26-18-5-4-16-12-22-24(19(16)11-18)17-6-7-21-20(10-17)23-8-9-25-15(3)13-23/h4-7,10-12,14-15H,8-9,13H2,1-3H3/t15-/m1/s1. The Kier molecular flexibility index (Phi) is 4.51. The summed E-state index contributed by atoms with van der Waals surface area (Å²) in [6.07, 6.45) is 4.08. The third-order valence-corrected chi connectivity index (χ3v) is 4.45. The van der Waals surface area contributed by atoms with E-state index in [1.807, 2.05) is 55.2 Å². The fourth-order valence-corrected chi connectivity index (χ4v) is 3.29. The average Bonchev–Trinajstić information content (AvgIpc) is 3.04. The first kappa shape index (κ1) is 16.8. The van der Waals surface area contributed by atoms with E-state index < -0.39 is 0 Å². The van der Waals surface area contributed by atoms with E-state index in [9.17, 15) is 0 Å². The summed E-state index contributed by atoms with van der Waals surface area (Å²) in [5, 5.41) is 5.66. The number of hydrogen-bond donors (Lipinski definition) is 0. The van der Waals surface area contributed by atoms with Crippen molar-refractivity contribution in [1.82, 2.24) is 14.8 Å². The summed E-state index contributed by atoms with van der Waals surface area (Å²) in [6, 6.07) is 10.1. The Balaban J connectivity index is 1.70. The van der Waals surface area contributed by atoms with Crippen LogP contribution in [0.1, 0.15) is 20.8 Å². The van der Waals surface area contributed by atoms with Gasteiger partial charge in [0.05, 0.1) is 36.2 Å². The predicted octanol–water partition coefficient (Wildman–Crippen LogP) is 3.43. The van der Waals surface area contributed by atoms with Gasteiger partial charge in [-0.2, -0.15) is 5.10 Å². The second-order valence-electron chi connectivity index (χ2n) is 6.94. The van der Waals surface area contributed by atoms with E-state index in [0.717, 1.165) is 47.9 Å². The van der Waals surface area contributed by atoms with Crippen molar-refractivity contribution in [2.75, 3.05) is 24.6 Å². The van der Waals surface area contributed by atoms with Gasteiger partial charge < -0.3 is 14.4 Å². The van der Waals surface area contributed by atoms with Crippen LogP contribution in [0.5, 0.6) is 5.75 Å². The van der Waals surface area contributed by atoms with Crippen LogP contribution in [0.15, 0.2) is 42.7 Å². The molecule has 2 aromatic heterocycles. The van der Waals surface area contributed by atoms with Crippen molar-refractivity contribution in [2.24, 2.45) is 0 Å². The zero-order valence-electron chi connectivity index (χ0n) is 15.4. The Hall–Kier alpha value is -2.60. The molecule has 1 aliphatic rings. The number of aromatic nitrogens is 3. The van der Waals surface area contributed by atoms with Gasteiger partial charge in [0.1, 0.15) is 11.6 Å². The van der Waals surface area contributed by atoms with E-state index in [1.54, 1.807) is 0 Å². The minimum atomic E-state index is 0.139. The highest BCUT2D eigenvalue weighted by Crippen LogP contribution is 2.25. The third-order valence-electron chi connectivity index (χ3n) is 4.45. The number of pyridine rings is 1. The lowest BCUT2D eigenvalue weighted by Gasteiger charge is -2.32. The highest BCUT2D eigenvalue weighted by Gasteiger charge is 2.18. The maximum Gasteiger partial charge on any atom is 0.130 e. The molecule has 3 aromatic rings. The maximum absolute atomic E-state index is 5.84. The van der Waals surface area contributed by atoms with E-state index in [2.05, 4.69) is 28.0 Å². The van der Waals surface area contributed by atoms with E-state index in [4.69, 9.17) is 9.47 Å². The molecular weight excluding hydrogens is 328 g/mol. The van der Waals surface area contributed by atoms with Crippen molar-refractivity contribution < 1.29 is 9.47 Å². The van der Waals surface area contributed by atoms with Gasteiger partial charge in [-0.05, 0) is 39.0 Å². The number of hydrogen-bond acceptors (Lipinski definition) is 5. The molecule has 0 spiro atoms. The number of benzene rings is 1. The van der Waals surface area contributed by atoms with Crippen LogP contribution in [0, 0.1) is 0 Å². The minimum absolute atomic E-state index is 0.139. The highest BCUT2D eigenvalue weighted by molar-refractivity contribution is 5.81. The summed E-state index contributed by atoms with van der Waals surface area (Å²) < 4.78 is 13.4. The first-order valence-corrected chi connectivity index (χ1v) is 9.07. The fraction of sp³-hybridized carbons (Fsp3) is 0.400. The van der Waals surface area contributed by atoms with Gasteiger partial charge in [0, 0.05) is 36.8 Å². The number of rotatable bonds is 4. The quantitative estimate of drug-likeness (QED) is 0.720. The minimum Gasteiger partial charge on any atom is -0.491 e. The van der Waals surface area contributed by atoms with Crippen molar-refractivity contribution >= 4 is 16.7 Å². The molecule has 0 unspecified atom stereocenters. The van der Waals surface area contributed by atoms with Crippen LogP contribution in [0.3, 0.4) is 0 Å². The largest absolute Gasteiger partial charge is 0.491 e. The van der Waals surface area contributed by atoms with Gasteiger partial charge in [0.2, 0.25) is 0 Å². The molecule has 3 heterocycles. The summed E-state index contributed by atoms with van der Waals surface area (Å²) in [4.78, 5) is 6.81. The molecule has 0 aliphatic carbocycles. The smallest absolute Gasteiger partial charge is 0.130 e. The molecule has 26 heavy (non-hydrogen) atoms. The molecule has 0 radical (unpaired) electrons. The third kappa shape index (κ3) is 3.37. The van der Waals surface area contributed by atoms with Crippen molar-refractivity contribution in [3.63, 3.8) is 0 Å². The van der Waals surface area contributed by atoms with Crippen molar-refractivity contribution in [3.8, 4) is 11.4 Å². The zero-order valence-corrected chi connectivity index (χ0v) is 15.4. The summed E-state index contributed by atoms with van der Waals surface area (Å²) in [7, 11) is 0. The molecular formula is C20H24N4O2. The normalized spacial score (nSPS) is 17.8. The van der Waals surface area contributed by atoms with Crippen molar-refractivity contribution in [3.05, 3.63) is 42.7 Å². The van der Waals surface area contributed by atoms with Gasteiger partial charge in [-0.25, -0.2) is 9.67 Å². The van der Waals surface area contributed by atoms with Crippen LogP contribution in [0.4, 0.5) is 5.82 Å². The Morgan fingerprint density at radius 3 is 2.92 bits per heavy atom. The van der Waals surface area contributed by atoms with E-state index >= 15 is 0 Å². The SMILES string of the molecule is CC(C)Oc1ccc2cnn(-c3ccnc(N4CCO[C@H](C)C4)c3)c2c1. The number of nitrogens with zero attached hydrogens (tertiary/aromatic N) is 4. The Morgan fingerprint density at radius 1 is 1.23 bits per heavy atom. The zero-order chi connectivity index (χ0) is 18.1. The molecule has 4 rings (SSSR count). The van der Waals surface area contributed by atoms with Crippen LogP contribution in [0.2, 0.25) is 0 Å². The van der Waals surface area contributed by atoms with Gasteiger partial charge in [-0.3, -0.25) is 0 Å². The van der Waals surface area contributed by atoms with Crippen LogP contribution in [-0.4, -0.2) is 46.7 Å². The van der Waals surface area contributed by atoms with Gasteiger partial charge in [0.15, 0.2) is 0 Å². The molecule has 1 aliphatic heterocycles. The van der Waals surface area contributed by atoms with Gasteiger partial charge in [-0.1, -0.05) is 0 Å². The molecule has 1 fully saturated rings. The molecule has 6 heteroatoms. The van der Waals surface area contributed by atoms with Gasteiger partial charge in [0.25, 0.3) is 0 Å². The molecule has 1 atom stereocenters. The summed E-state index contributed by atoms with van der Waals surface area (Å²) in [6.45, 7) is 8.58. The Morgan fingerprint density at radius 2 is 2.12 bits per heavy atom. The predicted molar refractivity (Wildman–Crippen MR) is 102 cm³/mol. The first-order chi connectivity index (χ1) is 12.6.